The number of carbonyl (C=O) groups is 1. The molecule has 2 amide bonds. The predicted octanol–water partition coefficient (Wildman–Crippen LogP) is 3.23. The Hall–Kier alpha value is -1.58. The fraction of sp³-hybridized carbons (Fsp3) is 0.462. The molecule has 1 aliphatic rings. The summed E-state index contributed by atoms with van der Waals surface area (Å²) in [6, 6.07) is 6.02. The lowest BCUT2D eigenvalue weighted by atomic mass is 10.0. The summed E-state index contributed by atoms with van der Waals surface area (Å²) in [5.41, 5.74) is 0.633. The number of carbonyl (C=O) groups excluding carboxylic acids is 1. The molecule has 1 aromatic rings. The van der Waals surface area contributed by atoms with Crippen molar-refractivity contribution in [2.75, 3.05) is 11.9 Å². The van der Waals surface area contributed by atoms with Gasteiger partial charge < -0.3 is 10.2 Å². The van der Waals surface area contributed by atoms with Crippen molar-refractivity contribution in [2.24, 2.45) is 0 Å². The molecule has 0 saturated carbocycles. The molecule has 1 atom stereocenters. The minimum absolute atomic E-state index is 0.0937. The third-order valence-electron chi connectivity index (χ3n) is 3.16. The molecule has 1 aliphatic heterocycles. The van der Waals surface area contributed by atoms with Gasteiger partial charge in [0.25, 0.3) is 0 Å². The Balaban J connectivity index is 1.98. The van der Waals surface area contributed by atoms with Crippen LogP contribution in [-0.4, -0.2) is 23.5 Å². The molecule has 1 fully saturated rings. The number of halogens is 1. The Labute approximate surface area is 101 Å². The van der Waals surface area contributed by atoms with Crippen LogP contribution in [0.2, 0.25) is 0 Å². The number of rotatable bonds is 1. The number of nitrogens with one attached hydrogen (secondary N) is 1. The van der Waals surface area contributed by atoms with Gasteiger partial charge in [-0.25, -0.2) is 9.18 Å². The number of likely N-dealkylation sites (tertiary alicyclic amines) is 1. The van der Waals surface area contributed by atoms with Crippen LogP contribution in [0, 0.1) is 5.82 Å². The van der Waals surface area contributed by atoms with Gasteiger partial charge in [-0.2, -0.15) is 0 Å². The van der Waals surface area contributed by atoms with Crippen LogP contribution < -0.4 is 5.32 Å². The average molecular weight is 236 g/mol. The number of piperidine rings is 1. The summed E-state index contributed by atoms with van der Waals surface area (Å²) >= 11 is 0. The Bertz CT molecular complexity index is 391. The molecule has 1 saturated heterocycles. The van der Waals surface area contributed by atoms with E-state index < -0.39 is 0 Å². The van der Waals surface area contributed by atoms with Crippen LogP contribution in [0.4, 0.5) is 14.9 Å². The largest absolute Gasteiger partial charge is 0.322 e. The van der Waals surface area contributed by atoms with Gasteiger partial charge in [0.2, 0.25) is 0 Å². The monoisotopic (exact) mass is 236 g/mol. The van der Waals surface area contributed by atoms with Crippen molar-refractivity contribution in [1.29, 1.82) is 0 Å². The summed E-state index contributed by atoms with van der Waals surface area (Å²) in [6.45, 7) is 2.86. The maximum Gasteiger partial charge on any atom is 0.322 e. The fourth-order valence-corrected chi connectivity index (χ4v) is 2.13. The highest BCUT2D eigenvalue weighted by atomic mass is 19.1. The first-order chi connectivity index (χ1) is 8.16. The molecule has 0 radical (unpaired) electrons. The molecule has 0 aromatic heterocycles. The SMILES string of the molecule is C[C@H]1CCCCN1C(=O)Nc1ccc(F)cc1. The summed E-state index contributed by atoms with van der Waals surface area (Å²) in [6.07, 6.45) is 3.29. The minimum atomic E-state index is -0.297. The Kier molecular flexibility index (Phi) is 3.61. The topological polar surface area (TPSA) is 32.3 Å². The van der Waals surface area contributed by atoms with E-state index in [0.717, 1.165) is 19.4 Å². The number of anilines is 1. The Morgan fingerprint density at radius 1 is 1.35 bits per heavy atom. The molecule has 0 aliphatic carbocycles. The second-order valence-electron chi connectivity index (χ2n) is 4.48. The maximum atomic E-state index is 12.7. The third-order valence-corrected chi connectivity index (χ3v) is 3.16. The van der Waals surface area contributed by atoms with E-state index in [4.69, 9.17) is 0 Å². The van der Waals surface area contributed by atoms with Crippen LogP contribution in [0.25, 0.3) is 0 Å². The smallest absolute Gasteiger partial charge is 0.322 e. The number of hydrogen-bond donors (Lipinski definition) is 1. The standard InChI is InChI=1S/C13H17FN2O/c1-10-4-2-3-9-16(10)13(17)15-12-7-5-11(14)6-8-12/h5-8,10H,2-4,9H2,1H3,(H,15,17)/t10-/m0/s1. The summed E-state index contributed by atoms with van der Waals surface area (Å²) < 4.78 is 12.7. The van der Waals surface area contributed by atoms with Crippen molar-refractivity contribution in [3.05, 3.63) is 30.1 Å². The second kappa shape index (κ2) is 5.17. The van der Waals surface area contributed by atoms with E-state index in [2.05, 4.69) is 12.2 Å². The number of urea groups is 1. The molecular formula is C13H17FN2O. The van der Waals surface area contributed by atoms with Gasteiger partial charge in [-0.05, 0) is 50.5 Å². The zero-order valence-electron chi connectivity index (χ0n) is 9.95. The van der Waals surface area contributed by atoms with E-state index in [1.165, 1.54) is 18.6 Å². The number of benzene rings is 1. The zero-order valence-corrected chi connectivity index (χ0v) is 9.95. The first kappa shape index (κ1) is 11.9. The first-order valence-corrected chi connectivity index (χ1v) is 6.00. The van der Waals surface area contributed by atoms with Gasteiger partial charge in [0.15, 0.2) is 0 Å². The van der Waals surface area contributed by atoms with Crippen LogP contribution in [-0.2, 0) is 0 Å². The molecule has 2 rings (SSSR count). The fourth-order valence-electron chi connectivity index (χ4n) is 2.13. The molecule has 0 spiro atoms. The second-order valence-corrected chi connectivity index (χ2v) is 4.48. The van der Waals surface area contributed by atoms with Gasteiger partial charge >= 0.3 is 6.03 Å². The summed E-state index contributed by atoms with van der Waals surface area (Å²) in [5.74, 6) is -0.297. The molecule has 1 aromatic carbocycles. The maximum absolute atomic E-state index is 12.7. The molecule has 3 nitrogen and oxygen atoms in total. The van der Waals surface area contributed by atoms with Gasteiger partial charge in [-0.3, -0.25) is 0 Å². The van der Waals surface area contributed by atoms with E-state index in [1.807, 2.05) is 4.90 Å². The average Bonchev–Trinajstić information content (AvgIpc) is 2.32. The minimum Gasteiger partial charge on any atom is -0.322 e. The van der Waals surface area contributed by atoms with E-state index >= 15 is 0 Å². The molecule has 1 heterocycles. The summed E-state index contributed by atoms with van der Waals surface area (Å²) in [7, 11) is 0. The Morgan fingerprint density at radius 3 is 2.71 bits per heavy atom. The summed E-state index contributed by atoms with van der Waals surface area (Å²) in [4.78, 5) is 13.8. The highest BCUT2D eigenvalue weighted by molar-refractivity contribution is 5.89. The van der Waals surface area contributed by atoms with Gasteiger partial charge in [-0.15, -0.1) is 0 Å². The molecule has 17 heavy (non-hydrogen) atoms. The van der Waals surface area contributed by atoms with Crippen molar-refractivity contribution in [1.82, 2.24) is 4.90 Å². The number of nitrogens with zero attached hydrogens (tertiary/aromatic N) is 1. The van der Waals surface area contributed by atoms with Crippen molar-refractivity contribution in [3.8, 4) is 0 Å². The molecule has 0 unspecified atom stereocenters. The van der Waals surface area contributed by atoms with E-state index in [-0.39, 0.29) is 17.9 Å². The zero-order chi connectivity index (χ0) is 12.3. The highest BCUT2D eigenvalue weighted by Gasteiger charge is 2.22. The van der Waals surface area contributed by atoms with Crippen LogP contribution in [0.3, 0.4) is 0 Å². The number of amides is 2. The normalized spacial score (nSPS) is 20.1. The van der Waals surface area contributed by atoms with Crippen molar-refractivity contribution in [2.45, 2.75) is 32.2 Å². The van der Waals surface area contributed by atoms with Gasteiger partial charge in [0.1, 0.15) is 5.82 Å². The van der Waals surface area contributed by atoms with Crippen molar-refractivity contribution >= 4 is 11.7 Å². The van der Waals surface area contributed by atoms with Gasteiger partial charge in [0, 0.05) is 18.3 Å². The molecule has 0 bridgehead atoms. The van der Waals surface area contributed by atoms with E-state index in [9.17, 15) is 9.18 Å². The molecule has 4 heteroatoms. The lowest BCUT2D eigenvalue weighted by Gasteiger charge is -2.33. The van der Waals surface area contributed by atoms with Gasteiger partial charge in [0.05, 0.1) is 0 Å². The lowest BCUT2D eigenvalue weighted by Crippen LogP contribution is -2.44. The first-order valence-electron chi connectivity index (χ1n) is 6.00. The summed E-state index contributed by atoms with van der Waals surface area (Å²) in [5, 5.41) is 2.79. The van der Waals surface area contributed by atoms with Crippen LogP contribution >= 0.6 is 0 Å². The van der Waals surface area contributed by atoms with Gasteiger partial charge in [-0.1, -0.05) is 0 Å². The number of hydrogen-bond acceptors (Lipinski definition) is 1. The molecular weight excluding hydrogens is 219 g/mol. The third kappa shape index (κ3) is 2.96. The van der Waals surface area contributed by atoms with Crippen LogP contribution in [0.1, 0.15) is 26.2 Å². The van der Waals surface area contributed by atoms with E-state index in [0.29, 0.717) is 5.69 Å². The van der Waals surface area contributed by atoms with Crippen LogP contribution in [0.5, 0.6) is 0 Å². The van der Waals surface area contributed by atoms with E-state index in [1.54, 1.807) is 12.1 Å². The lowest BCUT2D eigenvalue weighted by molar-refractivity contribution is 0.170. The molecule has 1 N–H and O–H groups in total. The van der Waals surface area contributed by atoms with Crippen molar-refractivity contribution < 1.29 is 9.18 Å². The van der Waals surface area contributed by atoms with Crippen LogP contribution in [0.15, 0.2) is 24.3 Å². The van der Waals surface area contributed by atoms with Crippen molar-refractivity contribution in [3.63, 3.8) is 0 Å². The Morgan fingerprint density at radius 2 is 2.06 bits per heavy atom. The highest BCUT2D eigenvalue weighted by Crippen LogP contribution is 2.18. The quantitative estimate of drug-likeness (QED) is 0.797. The molecule has 92 valence electrons. The predicted molar refractivity (Wildman–Crippen MR) is 65.4 cm³/mol.